The fourth-order valence-corrected chi connectivity index (χ4v) is 2.99. The first kappa shape index (κ1) is 15.8. The monoisotopic (exact) mass is 304 g/mol. The Balaban J connectivity index is 2.35. The van der Waals surface area contributed by atoms with Crippen molar-refractivity contribution < 1.29 is 27.5 Å². The van der Waals surface area contributed by atoms with Crippen LogP contribution in [0.1, 0.15) is 49.1 Å². The van der Waals surface area contributed by atoms with Crippen LogP contribution in [-0.2, 0) is 11.0 Å². The van der Waals surface area contributed by atoms with Crippen molar-refractivity contribution in [3.8, 4) is 0 Å². The molecule has 21 heavy (non-hydrogen) atoms. The lowest BCUT2D eigenvalue weighted by molar-refractivity contribution is -0.143. The molecule has 2 atom stereocenters. The van der Waals surface area contributed by atoms with Gasteiger partial charge in [0.15, 0.2) is 0 Å². The highest BCUT2D eigenvalue weighted by atomic mass is 19.4. The van der Waals surface area contributed by atoms with Gasteiger partial charge in [0, 0.05) is 0 Å². The molecule has 0 aliphatic heterocycles. The second-order valence-corrected chi connectivity index (χ2v) is 5.43. The summed E-state index contributed by atoms with van der Waals surface area (Å²) >= 11 is 0. The van der Waals surface area contributed by atoms with Crippen LogP contribution in [0, 0.1) is 11.7 Å². The zero-order chi connectivity index (χ0) is 15.6. The van der Waals surface area contributed by atoms with Gasteiger partial charge in [0.1, 0.15) is 5.82 Å². The molecule has 116 valence electrons. The molecule has 1 aliphatic rings. The molecular weight excluding hydrogens is 288 g/mol. The third-order valence-electron chi connectivity index (χ3n) is 4.06. The topological polar surface area (TPSA) is 37.3 Å². The zero-order valence-electron chi connectivity index (χ0n) is 11.3. The van der Waals surface area contributed by atoms with Crippen LogP contribution in [0.25, 0.3) is 0 Å². The predicted octanol–water partition coefficient (Wildman–Crippen LogP) is 4.59. The summed E-state index contributed by atoms with van der Waals surface area (Å²) in [5.41, 5.74) is -0.971. The van der Waals surface area contributed by atoms with Gasteiger partial charge in [-0.3, -0.25) is 4.79 Å². The molecule has 0 bridgehead atoms. The van der Waals surface area contributed by atoms with E-state index in [1.165, 1.54) is 6.07 Å². The Morgan fingerprint density at radius 3 is 2.38 bits per heavy atom. The smallest absolute Gasteiger partial charge is 0.419 e. The summed E-state index contributed by atoms with van der Waals surface area (Å²) in [5.74, 6) is -3.40. The van der Waals surface area contributed by atoms with Crippen molar-refractivity contribution in [2.75, 3.05) is 0 Å². The number of alkyl halides is 3. The molecule has 6 heteroatoms. The maximum absolute atomic E-state index is 13.7. The quantitative estimate of drug-likeness (QED) is 0.641. The fourth-order valence-electron chi connectivity index (χ4n) is 2.99. The van der Waals surface area contributed by atoms with E-state index >= 15 is 0 Å². The van der Waals surface area contributed by atoms with Crippen LogP contribution in [-0.4, -0.2) is 11.1 Å². The van der Waals surface area contributed by atoms with Crippen molar-refractivity contribution in [3.63, 3.8) is 0 Å². The summed E-state index contributed by atoms with van der Waals surface area (Å²) in [6.45, 7) is 0. The van der Waals surface area contributed by atoms with Gasteiger partial charge >= 0.3 is 12.1 Å². The fraction of sp³-hybridized carbons (Fsp3) is 0.533. The Labute approximate surface area is 119 Å². The van der Waals surface area contributed by atoms with Gasteiger partial charge in [-0.2, -0.15) is 13.2 Å². The zero-order valence-corrected chi connectivity index (χ0v) is 11.3. The number of rotatable bonds is 2. The van der Waals surface area contributed by atoms with Gasteiger partial charge in [-0.15, -0.1) is 0 Å². The van der Waals surface area contributed by atoms with Crippen molar-refractivity contribution in [1.29, 1.82) is 0 Å². The van der Waals surface area contributed by atoms with Gasteiger partial charge in [-0.25, -0.2) is 4.39 Å². The number of hydrogen-bond acceptors (Lipinski definition) is 1. The molecule has 0 spiro atoms. The number of carbonyl (C=O) groups is 1. The Hall–Kier alpha value is -1.59. The molecule has 0 radical (unpaired) electrons. The molecule has 1 aromatic carbocycles. The van der Waals surface area contributed by atoms with Gasteiger partial charge in [0.05, 0.1) is 11.5 Å². The van der Waals surface area contributed by atoms with Crippen molar-refractivity contribution in [2.24, 2.45) is 5.92 Å². The molecule has 0 amide bonds. The van der Waals surface area contributed by atoms with Crippen LogP contribution in [0.3, 0.4) is 0 Å². The van der Waals surface area contributed by atoms with E-state index in [9.17, 15) is 27.5 Å². The number of carboxylic acids is 1. The maximum atomic E-state index is 13.7. The van der Waals surface area contributed by atoms with Gasteiger partial charge in [-0.1, -0.05) is 25.3 Å². The Morgan fingerprint density at radius 2 is 1.81 bits per heavy atom. The number of benzene rings is 1. The Bertz CT molecular complexity index is 525. The minimum Gasteiger partial charge on any atom is -0.481 e. The molecule has 1 aliphatic carbocycles. The van der Waals surface area contributed by atoms with Gasteiger partial charge < -0.3 is 5.11 Å². The predicted molar refractivity (Wildman–Crippen MR) is 68.4 cm³/mol. The van der Waals surface area contributed by atoms with Crippen LogP contribution in [0.15, 0.2) is 18.2 Å². The summed E-state index contributed by atoms with van der Waals surface area (Å²) < 4.78 is 51.3. The Morgan fingerprint density at radius 1 is 1.14 bits per heavy atom. The number of halogens is 4. The third-order valence-corrected chi connectivity index (χ3v) is 4.06. The molecule has 1 aromatic rings. The van der Waals surface area contributed by atoms with Crippen LogP contribution in [0.5, 0.6) is 0 Å². The lowest BCUT2D eigenvalue weighted by atomic mass is 9.82. The van der Waals surface area contributed by atoms with Crippen molar-refractivity contribution in [3.05, 3.63) is 35.1 Å². The molecule has 2 unspecified atom stereocenters. The molecule has 1 fully saturated rings. The highest BCUT2D eigenvalue weighted by Gasteiger charge is 2.36. The lowest BCUT2D eigenvalue weighted by Crippen LogP contribution is -2.21. The molecule has 0 heterocycles. The van der Waals surface area contributed by atoms with Crippen LogP contribution in [0.2, 0.25) is 0 Å². The minimum atomic E-state index is -4.74. The summed E-state index contributed by atoms with van der Waals surface area (Å²) in [6, 6.07) is 2.75. The van der Waals surface area contributed by atoms with Gasteiger partial charge in [-0.05, 0) is 36.5 Å². The Kier molecular flexibility index (Phi) is 4.54. The van der Waals surface area contributed by atoms with Crippen LogP contribution < -0.4 is 0 Å². The largest absolute Gasteiger partial charge is 0.481 e. The van der Waals surface area contributed by atoms with E-state index in [0.717, 1.165) is 25.3 Å². The van der Waals surface area contributed by atoms with E-state index in [4.69, 9.17) is 0 Å². The summed E-state index contributed by atoms with van der Waals surface area (Å²) in [7, 11) is 0. The second-order valence-electron chi connectivity index (χ2n) is 5.43. The molecule has 2 rings (SSSR count). The highest BCUT2D eigenvalue weighted by molar-refractivity contribution is 5.71. The van der Waals surface area contributed by atoms with E-state index < -0.39 is 35.4 Å². The first-order valence-electron chi connectivity index (χ1n) is 6.90. The van der Waals surface area contributed by atoms with Crippen LogP contribution >= 0.6 is 0 Å². The molecular formula is C15H16F4O2. The summed E-state index contributed by atoms with van der Waals surface area (Å²) in [6.07, 6.45) is -1.24. The van der Waals surface area contributed by atoms with Gasteiger partial charge in [0.25, 0.3) is 0 Å². The van der Waals surface area contributed by atoms with E-state index in [2.05, 4.69) is 0 Å². The number of aliphatic carboxylic acids is 1. The van der Waals surface area contributed by atoms with Crippen LogP contribution in [0.4, 0.5) is 17.6 Å². The minimum absolute atomic E-state index is 0.342. The number of carboxylic acid groups (broad SMARTS) is 1. The second kappa shape index (κ2) is 6.03. The van der Waals surface area contributed by atoms with Crippen molar-refractivity contribution >= 4 is 5.97 Å². The normalized spacial score (nSPS) is 23.6. The summed E-state index contributed by atoms with van der Waals surface area (Å²) in [4.78, 5) is 11.3. The standard InChI is InChI=1S/C15H16F4O2/c16-13-8-9(6-7-12(13)15(17,18)19)10-4-2-1-3-5-11(10)14(20)21/h6-8,10-11H,1-5H2,(H,20,21). The molecule has 0 aromatic heterocycles. The molecule has 1 saturated carbocycles. The maximum Gasteiger partial charge on any atom is 0.419 e. The van der Waals surface area contributed by atoms with E-state index in [1.807, 2.05) is 0 Å². The third kappa shape index (κ3) is 3.54. The lowest BCUT2D eigenvalue weighted by Gasteiger charge is -2.22. The molecule has 2 nitrogen and oxygen atoms in total. The van der Waals surface area contributed by atoms with E-state index in [0.29, 0.717) is 24.5 Å². The van der Waals surface area contributed by atoms with Crippen molar-refractivity contribution in [2.45, 2.75) is 44.2 Å². The molecule has 1 N–H and O–H groups in total. The average molecular weight is 304 g/mol. The van der Waals surface area contributed by atoms with E-state index in [-0.39, 0.29) is 0 Å². The average Bonchev–Trinajstić information content (AvgIpc) is 2.62. The van der Waals surface area contributed by atoms with Crippen molar-refractivity contribution in [1.82, 2.24) is 0 Å². The summed E-state index contributed by atoms with van der Waals surface area (Å²) in [5, 5.41) is 9.27. The highest BCUT2D eigenvalue weighted by Crippen LogP contribution is 2.39. The SMILES string of the molecule is O=C(O)C1CCCCCC1c1ccc(C(F)(F)F)c(F)c1. The first-order valence-corrected chi connectivity index (χ1v) is 6.90. The molecule has 0 saturated heterocycles. The van der Waals surface area contributed by atoms with Gasteiger partial charge in [0.2, 0.25) is 0 Å². The first-order chi connectivity index (χ1) is 9.80. The number of hydrogen-bond donors (Lipinski definition) is 1. The van der Waals surface area contributed by atoms with E-state index in [1.54, 1.807) is 0 Å².